The molecule has 0 aliphatic rings. The summed E-state index contributed by atoms with van der Waals surface area (Å²) in [5, 5.41) is 5.51. The molecule has 0 saturated carbocycles. The first-order valence-electron chi connectivity index (χ1n) is 5.35. The molecular formula is C14H9BrMg. The third-order valence-electron chi connectivity index (χ3n) is 3.02. The Morgan fingerprint density at radius 2 is 1.25 bits per heavy atom. The van der Waals surface area contributed by atoms with Gasteiger partial charge in [-0.3, -0.25) is 12.9 Å². The summed E-state index contributed by atoms with van der Waals surface area (Å²) in [6.07, 6.45) is 0. The van der Waals surface area contributed by atoms with Gasteiger partial charge < -0.3 is 0 Å². The lowest BCUT2D eigenvalue weighted by molar-refractivity contribution is 1.78. The van der Waals surface area contributed by atoms with Crippen molar-refractivity contribution in [2.24, 2.45) is 0 Å². The topological polar surface area (TPSA) is 0 Å². The van der Waals surface area contributed by atoms with Crippen LogP contribution in [0.1, 0.15) is 0 Å². The van der Waals surface area contributed by atoms with Crippen molar-refractivity contribution in [1.29, 1.82) is 0 Å². The highest BCUT2D eigenvalue weighted by Gasteiger charge is 2.06. The fourth-order valence-corrected chi connectivity index (χ4v) is 5.00. The van der Waals surface area contributed by atoms with Crippen molar-refractivity contribution in [3.05, 3.63) is 54.6 Å². The molecule has 0 heterocycles. The number of fused-ring (bicyclic) bond motifs is 2. The Labute approximate surface area is 110 Å². The maximum absolute atomic E-state index is 3.74. The lowest BCUT2D eigenvalue weighted by Crippen LogP contribution is -2.11. The summed E-state index contributed by atoms with van der Waals surface area (Å²) in [6.45, 7) is 0. The van der Waals surface area contributed by atoms with Crippen LogP contribution in [0.4, 0.5) is 0 Å². The van der Waals surface area contributed by atoms with Crippen LogP contribution >= 0.6 is 12.9 Å². The fraction of sp³-hybridized carbons (Fsp3) is 0. The highest BCUT2D eigenvalue weighted by atomic mass is 79.9. The minimum absolute atomic E-state index is 0.340. The highest BCUT2D eigenvalue weighted by molar-refractivity contribution is 9.23. The average molecular weight is 281 g/mol. The van der Waals surface area contributed by atoms with Gasteiger partial charge in [-0.15, -0.1) is 3.69 Å². The Balaban J connectivity index is 2.56. The van der Waals surface area contributed by atoms with Gasteiger partial charge in [-0.1, -0.05) is 48.5 Å². The molecule has 0 fully saturated rings. The Morgan fingerprint density at radius 3 is 1.75 bits per heavy atom. The zero-order chi connectivity index (χ0) is 11.0. The monoisotopic (exact) mass is 280 g/mol. The average Bonchev–Trinajstić information content (AvgIpc) is 2.36. The van der Waals surface area contributed by atoms with Gasteiger partial charge in [-0.2, -0.15) is 0 Å². The quantitative estimate of drug-likeness (QED) is 0.472. The predicted molar refractivity (Wildman–Crippen MR) is 75.8 cm³/mol. The highest BCUT2D eigenvalue weighted by Crippen LogP contribution is 2.20. The van der Waals surface area contributed by atoms with Gasteiger partial charge in [0.2, 0.25) is 0 Å². The van der Waals surface area contributed by atoms with Crippen LogP contribution in [-0.2, 0) is 0 Å². The van der Waals surface area contributed by atoms with Gasteiger partial charge >= 0.3 is 18.2 Å². The lowest BCUT2D eigenvalue weighted by atomic mass is 10.0. The van der Waals surface area contributed by atoms with Gasteiger partial charge in [0.15, 0.2) is 0 Å². The predicted octanol–water partition coefficient (Wildman–Crippen LogP) is 3.63. The summed E-state index contributed by atoms with van der Waals surface area (Å²) in [6, 6.07) is 19.6. The van der Waals surface area contributed by atoms with Crippen LogP contribution < -0.4 is 3.69 Å². The molecule has 0 saturated heterocycles. The zero-order valence-electron chi connectivity index (χ0n) is 8.78. The van der Waals surface area contributed by atoms with Crippen LogP contribution in [0.5, 0.6) is 0 Å². The number of hydrogen-bond acceptors (Lipinski definition) is 0. The molecule has 0 amide bonds. The van der Waals surface area contributed by atoms with Crippen molar-refractivity contribution in [3.63, 3.8) is 0 Å². The van der Waals surface area contributed by atoms with Crippen LogP contribution in [0, 0.1) is 0 Å². The number of hydrogen-bond donors (Lipinski definition) is 0. The molecule has 0 N–H and O–H groups in total. The van der Waals surface area contributed by atoms with Crippen LogP contribution in [0.2, 0.25) is 0 Å². The van der Waals surface area contributed by atoms with E-state index in [4.69, 9.17) is 0 Å². The molecule has 0 nitrogen and oxygen atoms in total. The second kappa shape index (κ2) is 4.36. The number of benzene rings is 3. The van der Waals surface area contributed by atoms with Crippen molar-refractivity contribution in [1.82, 2.24) is 0 Å². The van der Waals surface area contributed by atoms with E-state index in [0.29, 0.717) is 0 Å². The van der Waals surface area contributed by atoms with Crippen molar-refractivity contribution in [2.75, 3.05) is 0 Å². The summed E-state index contributed by atoms with van der Waals surface area (Å²) in [5.74, 6) is 0. The van der Waals surface area contributed by atoms with Gasteiger partial charge in [-0.25, -0.2) is 0 Å². The van der Waals surface area contributed by atoms with E-state index in [1.165, 1.54) is 25.2 Å². The summed E-state index contributed by atoms with van der Waals surface area (Å²) >= 11 is 3.40. The molecule has 0 aliphatic heterocycles. The molecule has 74 valence electrons. The van der Waals surface area contributed by atoms with Gasteiger partial charge in [0, 0.05) is 0 Å². The van der Waals surface area contributed by atoms with Gasteiger partial charge in [0.25, 0.3) is 0 Å². The maximum Gasteiger partial charge on any atom is 0.508 e. The summed E-state index contributed by atoms with van der Waals surface area (Å²) in [7, 11) is 0. The first-order valence-corrected chi connectivity index (χ1v) is 9.96. The lowest BCUT2D eigenvalue weighted by Gasteiger charge is -2.09. The van der Waals surface area contributed by atoms with Gasteiger partial charge in [0.05, 0.1) is 0 Å². The Bertz CT molecular complexity index is 607. The molecule has 3 aromatic carbocycles. The van der Waals surface area contributed by atoms with Crippen LogP contribution in [-0.4, -0.2) is 18.2 Å². The van der Waals surface area contributed by atoms with Crippen molar-refractivity contribution in [3.8, 4) is 0 Å². The van der Waals surface area contributed by atoms with Crippen LogP contribution in [0.25, 0.3) is 21.5 Å². The summed E-state index contributed by atoms with van der Waals surface area (Å²) in [5.41, 5.74) is 0. The second-order valence-corrected chi connectivity index (χ2v) is 6.59. The molecular weight excluding hydrogens is 272 g/mol. The largest absolute Gasteiger partial charge is 0.508 e. The molecule has 3 rings (SSSR count). The van der Waals surface area contributed by atoms with Crippen LogP contribution in [0.15, 0.2) is 54.6 Å². The number of rotatable bonds is 1. The zero-order valence-corrected chi connectivity index (χ0v) is 11.8. The standard InChI is InChI=1S/C14H9.BrH.Mg/c1-2-6-12-10-14-8-4-3-7-13(14)9-11(12)5-1;;/h1-9H;1H;/q;;+1/p-1. The molecule has 0 atom stereocenters. The van der Waals surface area contributed by atoms with E-state index in [1.54, 1.807) is 0 Å². The van der Waals surface area contributed by atoms with E-state index in [2.05, 4.69) is 67.5 Å². The molecule has 16 heavy (non-hydrogen) atoms. The van der Waals surface area contributed by atoms with Crippen molar-refractivity contribution in [2.45, 2.75) is 0 Å². The Kier molecular flexibility index (Phi) is 2.88. The van der Waals surface area contributed by atoms with E-state index in [-0.39, 0.29) is 18.2 Å². The van der Waals surface area contributed by atoms with E-state index >= 15 is 0 Å². The van der Waals surface area contributed by atoms with Gasteiger partial charge in [-0.05, 0) is 27.6 Å². The van der Waals surface area contributed by atoms with E-state index in [9.17, 15) is 0 Å². The normalized spacial score (nSPS) is 10.6. The van der Waals surface area contributed by atoms with Crippen molar-refractivity contribution < 1.29 is 0 Å². The third kappa shape index (κ3) is 1.65. The molecule has 0 unspecified atom stereocenters. The SMILES string of the molecule is [Br][Mg][c]1c2ccccc2cc2ccccc12. The molecule has 0 aromatic heterocycles. The van der Waals surface area contributed by atoms with E-state index < -0.39 is 0 Å². The van der Waals surface area contributed by atoms with Crippen molar-refractivity contribution >= 4 is 56.3 Å². The molecule has 2 heteroatoms. The summed E-state index contributed by atoms with van der Waals surface area (Å²) < 4.78 is 1.52. The molecule has 0 aliphatic carbocycles. The number of halogens is 1. The van der Waals surface area contributed by atoms with E-state index in [1.807, 2.05) is 0 Å². The molecule has 3 aromatic rings. The Morgan fingerprint density at radius 1 is 0.750 bits per heavy atom. The summed E-state index contributed by atoms with van der Waals surface area (Å²) in [4.78, 5) is 0. The first kappa shape index (κ1) is 10.6. The fourth-order valence-electron chi connectivity index (χ4n) is 2.25. The van der Waals surface area contributed by atoms with E-state index in [0.717, 1.165) is 0 Å². The molecule has 0 bridgehead atoms. The molecule has 0 spiro atoms. The van der Waals surface area contributed by atoms with Gasteiger partial charge in [0.1, 0.15) is 0 Å². The molecule has 0 radical (unpaired) electrons. The maximum atomic E-state index is 3.74. The third-order valence-corrected chi connectivity index (χ3v) is 5.73. The first-order chi connectivity index (χ1) is 7.90. The van der Waals surface area contributed by atoms with Crippen LogP contribution in [0.3, 0.4) is 0 Å². The smallest absolute Gasteiger partial charge is 0.296 e. The minimum Gasteiger partial charge on any atom is -0.296 e. The Hall–Kier alpha value is -0.574. The second-order valence-electron chi connectivity index (χ2n) is 3.93. The minimum atomic E-state index is -0.340.